The topological polar surface area (TPSA) is 137 Å². The van der Waals surface area contributed by atoms with Gasteiger partial charge < -0.3 is 27.0 Å². The number of para-hydroxylation sites is 1. The van der Waals surface area contributed by atoms with Crippen molar-refractivity contribution in [2.75, 3.05) is 0 Å². The van der Waals surface area contributed by atoms with Crippen molar-refractivity contribution in [2.24, 2.45) is 11.5 Å². The van der Waals surface area contributed by atoms with Crippen LogP contribution in [0.2, 0.25) is 0 Å². The lowest BCUT2D eigenvalue weighted by Gasteiger charge is -2.03. The molecule has 8 N–H and O–H groups in total. The summed E-state index contributed by atoms with van der Waals surface area (Å²) in [7, 11) is 0. The number of aromatic amines is 1. The quantitative estimate of drug-likeness (QED) is 0.550. The Hall–Kier alpha value is -1.89. The Balaban J connectivity index is 0.00000144. The summed E-state index contributed by atoms with van der Waals surface area (Å²) in [6, 6.07) is 5.13. The van der Waals surface area contributed by atoms with E-state index in [4.69, 9.17) is 16.6 Å². The maximum Gasteiger partial charge on any atom is 0.337 e. The molecule has 0 unspecified atom stereocenters. The second kappa shape index (κ2) is 4.96. The minimum absolute atomic E-state index is 0. The zero-order valence-corrected chi connectivity index (χ0v) is 9.10. The molecule has 0 saturated heterocycles. The summed E-state index contributed by atoms with van der Waals surface area (Å²) in [6.45, 7) is 0. The molecule has 0 aliphatic heterocycles. The molecule has 0 radical (unpaired) electrons. The zero-order chi connectivity index (χ0) is 11.7. The predicted octanol–water partition coefficient (Wildman–Crippen LogP) is -0.173. The van der Waals surface area contributed by atoms with Crippen molar-refractivity contribution < 1.29 is 15.4 Å². The van der Waals surface area contributed by atoms with Gasteiger partial charge in [0, 0.05) is 18.0 Å². The number of fused-ring (bicyclic) bond motifs is 1. The third-order valence-corrected chi connectivity index (χ3v) is 2.49. The van der Waals surface area contributed by atoms with Crippen molar-refractivity contribution in [1.82, 2.24) is 4.98 Å². The van der Waals surface area contributed by atoms with Crippen molar-refractivity contribution in [2.45, 2.75) is 12.6 Å². The van der Waals surface area contributed by atoms with Crippen LogP contribution >= 0.6 is 0 Å². The van der Waals surface area contributed by atoms with Crippen LogP contribution in [-0.4, -0.2) is 27.7 Å². The van der Waals surface area contributed by atoms with Crippen LogP contribution in [0.1, 0.15) is 15.9 Å². The number of carboxylic acids is 1. The molecule has 0 amide bonds. The minimum atomic E-state index is -0.948. The van der Waals surface area contributed by atoms with Gasteiger partial charge in [0.15, 0.2) is 0 Å². The van der Waals surface area contributed by atoms with Crippen molar-refractivity contribution in [1.29, 1.82) is 0 Å². The first-order chi connectivity index (χ1) is 7.59. The lowest BCUT2D eigenvalue weighted by atomic mass is 10.1. The van der Waals surface area contributed by atoms with Gasteiger partial charge in [-0.15, -0.1) is 0 Å². The van der Waals surface area contributed by atoms with E-state index in [9.17, 15) is 4.79 Å². The number of rotatable bonds is 3. The van der Waals surface area contributed by atoms with Crippen molar-refractivity contribution >= 4 is 16.9 Å². The molecule has 0 bridgehead atoms. The van der Waals surface area contributed by atoms with E-state index in [1.165, 1.54) is 0 Å². The van der Waals surface area contributed by atoms with Gasteiger partial charge in [0.25, 0.3) is 0 Å². The van der Waals surface area contributed by atoms with Crippen molar-refractivity contribution in [3.8, 4) is 0 Å². The molecule has 2 rings (SSSR count). The molecule has 0 spiro atoms. The third-order valence-electron chi connectivity index (χ3n) is 2.49. The van der Waals surface area contributed by atoms with E-state index in [1.807, 2.05) is 6.07 Å². The number of hydrogen-bond donors (Lipinski definition) is 4. The van der Waals surface area contributed by atoms with Gasteiger partial charge in [-0.3, -0.25) is 0 Å². The first-order valence-electron chi connectivity index (χ1n) is 4.93. The molecule has 2 aromatic rings. The summed E-state index contributed by atoms with van der Waals surface area (Å²) in [4.78, 5) is 13.9. The van der Waals surface area contributed by atoms with Gasteiger partial charge in [-0.25, -0.2) is 4.79 Å². The van der Waals surface area contributed by atoms with Gasteiger partial charge in [-0.1, -0.05) is 12.1 Å². The first kappa shape index (κ1) is 13.2. The third kappa shape index (κ3) is 2.44. The Kier molecular flexibility index (Phi) is 3.84. The van der Waals surface area contributed by atoms with Crippen LogP contribution in [0.15, 0.2) is 24.4 Å². The monoisotopic (exact) mass is 237 g/mol. The van der Waals surface area contributed by atoms with E-state index in [2.05, 4.69) is 4.98 Å². The number of benzene rings is 1. The van der Waals surface area contributed by atoms with Gasteiger partial charge in [-0.2, -0.15) is 0 Å². The minimum Gasteiger partial charge on any atom is -0.478 e. The normalized spacial score (nSPS) is 10.5. The summed E-state index contributed by atoms with van der Waals surface area (Å²) in [5, 5.41) is 9.87. The highest BCUT2D eigenvalue weighted by Crippen LogP contribution is 2.22. The van der Waals surface area contributed by atoms with Gasteiger partial charge in [-0.05, 0) is 11.6 Å². The maximum atomic E-state index is 11.0. The van der Waals surface area contributed by atoms with Gasteiger partial charge in [0.1, 0.15) is 0 Å². The summed E-state index contributed by atoms with van der Waals surface area (Å²) in [5.41, 5.74) is 12.9. The molecular weight excluding hydrogens is 222 g/mol. The molecule has 6 nitrogen and oxygen atoms in total. The highest BCUT2D eigenvalue weighted by Gasteiger charge is 2.12. The zero-order valence-electron chi connectivity index (χ0n) is 9.10. The van der Waals surface area contributed by atoms with Crippen molar-refractivity contribution in [3.63, 3.8) is 0 Å². The van der Waals surface area contributed by atoms with E-state index >= 15 is 0 Å². The average molecular weight is 237 g/mol. The first-order valence-corrected chi connectivity index (χ1v) is 4.93. The molecule has 6 heteroatoms. The van der Waals surface area contributed by atoms with E-state index in [0.717, 1.165) is 10.9 Å². The molecule has 0 fully saturated rings. The Morgan fingerprint density at radius 3 is 2.71 bits per heavy atom. The summed E-state index contributed by atoms with van der Waals surface area (Å²) < 4.78 is 0. The number of nitrogens with one attached hydrogen (secondary N) is 1. The average Bonchev–Trinajstić information content (AvgIpc) is 2.60. The maximum absolute atomic E-state index is 11.0. The fourth-order valence-corrected chi connectivity index (χ4v) is 1.81. The molecule has 1 heterocycles. The van der Waals surface area contributed by atoms with E-state index in [-0.39, 0.29) is 11.0 Å². The van der Waals surface area contributed by atoms with E-state index in [1.54, 1.807) is 18.3 Å². The Morgan fingerprint density at radius 1 is 1.41 bits per heavy atom. The predicted molar refractivity (Wildman–Crippen MR) is 64.7 cm³/mol. The van der Waals surface area contributed by atoms with Crippen LogP contribution in [0.5, 0.6) is 0 Å². The molecule has 0 atom stereocenters. The van der Waals surface area contributed by atoms with Crippen LogP contribution in [-0.2, 0) is 6.42 Å². The molecule has 1 aromatic heterocycles. The SMILES string of the molecule is NC(N)Cc1c[nH]c2c(C(=O)O)cccc12.O. The summed E-state index contributed by atoms with van der Waals surface area (Å²) >= 11 is 0. The van der Waals surface area contributed by atoms with Crippen LogP contribution in [0, 0.1) is 0 Å². The number of carboxylic acid groups (broad SMARTS) is 1. The Labute approximate surface area is 97.5 Å². The lowest BCUT2D eigenvalue weighted by Crippen LogP contribution is -2.32. The Morgan fingerprint density at radius 2 is 2.12 bits per heavy atom. The fraction of sp³-hybridized carbons (Fsp3) is 0.182. The van der Waals surface area contributed by atoms with Gasteiger partial charge >= 0.3 is 5.97 Å². The van der Waals surface area contributed by atoms with Crippen LogP contribution in [0.3, 0.4) is 0 Å². The molecular formula is C11H15N3O3. The van der Waals surface area contributed by atoms with Gasteiger partial charge in [0.05, 0.1) is 17.2 Å². The fourth-order valence-electron chi connectivity index (χ4n) is 1.81. The number of aromatic carboxylic acids is 1. The number of aromatic nitrogens is 1. The molecule has 0 saturated carbocycles. The standard InChI is InChI=1S/C11H13N3O2.H2O/c12-9(13)4-6-5-14-10-7(6)2-1-3-8(10)11(15)16;/h1-3,5,9,14H,4,12-13H2,(H,15,16);1H2. The second-order valence-corrected chi connectivity index (χ2v) is 3.72. The largest absolute Gasteiger partial charge is 0.478 e. The molecule has 1 aromatic carbocycles. The Bertz CT molecular complexity index is 534. The molecule has 0 aliphatic rings. The van der Waals surface area contributed by atoms with Crippen LogP contribution in [0.25, 0.3) is 10.9 Å². The lowest BCUT2D eigenvalue weighted by molar-refractivity contribution is 0.0699. The number of H-pyrrole nitrogens is 1. The molecule has 0 aliphatic carbocycles. The van der Waals surface area contributed by atoms with E-state index in [0.29, 0.717) is 11.9 Å². The highest BCUT2D eigenvalue weighted by molar-refractivity contribution is 6.02. The highest BCUT2D eigenvalue weighted by atomic mass is 16.4. The van der Waals surface area contributed by atoms with Crippen molar-refractivity contribution in [3.05, 3.63) is 35.5 Å². The summed E-state index contributed by atoms with van der Waals surface area (Å²) in [5.74, 6) is -0.948. The number of nitrogens with two attached hydrogens (primary N) is 2. The second-order valence-electron chi connectivity index (χ2n) is 3.72. The molecule has 17 heavy (non-hydrogen) atoms. The van der Waals surface area contributed by atoms with Crippen LogP contribution in [0.4, 0.5) is 0 Å². The number of carbonyl (C=O) groups is 1. The summed E-state index contributed by atoms with van der Waals surface area (Å²) in [6.07, 6.45) is 1.83. The van der Waals surface area contributed by atoms with Gasteiger partial charge in [0.2, 0.25) is 0 Å². The van der Waals surface area contributed by atoms with Crippen LogP contribution < -0.4 is 11.5 Å². The molecule has 92 valence electrons. The van der Waals surface area contributed by atoms with E-state index < -0.39 is 12.1 Å². The number of hydrogen-bond acceptors (Lipinski definition) is 3. The smallest absolute Gasteiger partial charge is 0.337 e.